The fourth-order valence-electron chi connectivity index (χ4n) is 3.06. The van der Waals surface area contributed by atoms with Crippen LogP contribution >= 0.6 is 11.3 Å². The van der Waals surface area contributed by atoms with Gasteiger partial charge in [-0.3, -0.25) is 9.59 Å². The van der Waals surface area contributed by atoms with Crippen LogP contribution in [0.15, 0.2) is 84.4 Å². The van der Waals surface area contributed by atoms with E-state index in [1.54, 1.807) is 66.1 Å². The molecule has 7 nitrogen and oxygen atoms in total. The summed E-state index contributed by atoms with van der Waals surface area (Å²) in [5, 5.41) is 8.47. The number of hydrogen-bond acceptors (Lipinski definition) is 6. The monoisotopic (exact) mass is 470 g/mol. The molecule has 0 saturated carbocycles. The Morgan fingerprint density at radius 1 is 1.03 bits per heavy atom. The van der Waals surface area contributed by atoms with Crippen molar-refractivity contribution in [2.24, 2.45) is 0 Å². The van der Waals surface area contributed by atoms with Gasteiger partial charge in [-0.1, -0.05) is 24.3 Å². The SMILES string of the molecule is Cc1nc(COc2cccc(/C=C/C(=O)Nc3cccc(C(=O)Nc4ccccn4)c3)c2)cs1. The molecule has 0 saturated heterocycles. The normalized spacial score (nSPS) is 10.7. The third-order valence-electron chi connectivity index (χ3n) is 4.64. The number of thiazole rings is 1. The Hall–Kier alpha value is -4.30. The number of aromatic nitrogens is 2. The first kappa shape index (κ1) is 22.9. The molecule has 0 bridgehead atoms. The number of amides is 2. The van der Waals surface area contributed by atoms with Gasteiger partial charge in [-0.25, -0.2) is 9.97 Å². The summed E-state index contributed by atoms with van der Waals surface area (Å²) in [7, 11) is 0. The molecular formula is C26H22N4O3S. The molecule has 4 rings (SSSR count). The Labute approximate surface area is 201 Å². The predicted octanol–water partition coefficient (Wildman–Crippen LogP) is 5.33. The van der Waals surface area contributed by atoms with Crippen LogP contribution in [-0.2, 0) is 11.4 Å². The van der Waals surface area contributed by atoms with Crippen molar-refractivity contribution in [3.8, 4) is 5.75 Å². The van der Waals surface area contributed by atoms with E-state index in [1.807, 2.05) is 36.6 Å². The molecule has 2 aromatic carbocycles. The molecule has 0 aliphatic carbocycles. The van der Waals surface area contributed by atoms with Gasteiger partial charge in [-0.15, -0.1) is 11.3 Å². The van der Waals surface area contributed by atoms with Gasteiger partial charge in [0.2, 0.25) is 5.91 Å². The number of pyridine rings is 1. The van der Waals surface area contributed by atoms with Crippen LogP contribution in [-0.4, -0.2) is 21.8 Å². The summed E-state index contributed by atoms with van der Waals surface area (Å²) in [6.45, 7) is 2.35. The molecule has 0 spiro atoms. The van der Waals surface area contributed by atoms with Gasteiger partial charge in [0.15, 0.2) is 0 Å². The zero-order chi connectivity index (χ0) is 23.8. The maximum Gasteiger partial charge on any atom is 0.256 e. The topological polar surface area (TPSA) is 93.2 Å². The zero-order valence-corrected chi connectivity index (χ0v) is 19.2. The van der Waals surface area contributed by atoms with Gasteiger partial charge >= 0.3 is 0 Å². The molecule has 2 aromatic heterocycles. The Bertz CT molecular complexity index is 1320. The van der Waals surface area contributed by atoms with Crippen molar-refractivity contribution in [3.63, 3.8) is 0 Å². The Morgan fingerprint density at radius 2 is 1.91 bits per heavy atom. The molecule has 0 fully saturated rings. The Balaban J connectivity index is 1.34. The smallest absolute Gasteiger partial charge is 0.256 e. The molecule has 34 heavy (non-hydrogen) atoms. The highest BCUT2D eigenvalue weighted by Gasteiger charge is 2.08. The molecule has 2 N–H and O–H groups in total. The van der Waals surface area contributed by atoms with Gasteiger partial charge in [-0.05, 0) is 61.0 Å². The quantitative estimate of drug-likeness (QED) is 0.340. The summed E-state index contributed by atoms with van der Waals surface area (Å²) >= 11 is 1.59. The van der Waals surface area contributed by atoms with E-state index < -0.39 is 0 Å². The van der Waals surface area contributed by atoms with E-state index in [-0.39, 0.29) is 11.8 Å². The molecule has 2 amide bonds. The molecule has 4 aromatic rings. The second kappa shape index (κ2) is 11.0. The third kappa shape index (κ3) is 6.60. The Kier molecular flexibility index (Phi) is 7.42. The number of ether oxygens (including phenoxy) is 1. The van der Waals surface area contributed by atoms with Gasteiger partial charge in [-0.2, -0.15) is 0 Å². The van der Waals surface area contributed by atoms with Gasteiger partial charge in [0.1, 0.15) is 18.2 Å². The van der Waals surface area contributed by atoms with E-state index in [1.165, 1.54) is 6.08 Å². The van der Waals surface area contributed by atoms with Crippen molar-refractivity contribution in [3.05, 3.63) is 106 Å². The largest absolute Gasteiger partial charge is 0.487 e. The second-order valence-electron chi connectivity index (χ2n) is 7.29. The summed E-state index contributed by atoms with van der Waals surface area (Å²) in [5.41, 5.74) is 2.64. The van der Waals surface area contributed by atoms with Crippen molar-refractivity contribution >= 4 is 40.7 Å². The minimum Gasteiger partial charge on any atom is -0.487 e. The number of hydrogen-bond donors (Lipinski definition) is 2. The van der Waals surface area contributed by atoms with Crippen LogP contribution in [0.1, 0.15) is 26.6 Å². The van der Waals surface area contributed by atoms with Gasteiger partial charge < -0.3 is 15.4 Å². The van der Waals surface area contributed by atoms with E-state index >= 15 is 0 Å². The first-order chi connectivity index (χ1) is 16.5. The lowest BCUT2D eigenvalue weighted by Gasteiger charge is -2.07. The number of nitrogens with zero attached hydrogens (tertiary/aromatic N) is 2. The molecule has 2 heterocycles. The second-order valence-corrected chi connectivity index (χ2v) is 8.35. The van der Waals surface area contributed by atoms with Crippen LogP contribution in [0, 0.1) is 6.92 Å². The highest BCUT2D eigenvalue weighted by Crippen LogP contribution is 2.18. The number of anilines is 2. The van der Waals surface area contributed by atoms with E-state index in [4.69, 9.17) is 4.74 Å². The minimum absolute atomic E-state index is 0.310. The maximum absolute atomic E-state index is 12.4. The zero-order valence-electron chi connectivity index (χ0n) is 18.4. The van der Waals surface area contributed by atoms with Gasteiger partial charge in [0.25, 0.3) is 5.91 Å². The van der Waals surface area contributed by atoms with Crippen LogP contribution in [0.3, 0.4) is 0 Å². The molecule has 0 aliphatic rings. The summed E-state index contributed by atoms with van der Waals surface area (Å²) in [4.78, 5) is 33.3. The fraction of sp³-hybridized carbons (Fsp3) is 0.0769. The van der Waals surface area contributed by atoms with Crippen LogP contribution in [0.25, 0.3) is 6.08 Å². The predicted molar refractivity (Wildman–Crippen MR) is 134 cm³/mol. The van der Waals surface area contributed by atoms with Crippen LogP contribution in [0.2, 0.25) is 0 Å². The summed E-state index contributed by atoms with van der Waals surface area (Å²) < 4.78 is 5.79. The van der Waals surface area contributed by atoms with Gasteiger partial charge in [0.05, 0.1) is 10.7 Å². The van der Waals surface area contributed by atoms with Gasteiger partial charge in [0, 0.05) is 28.9 Å². The minimum atomic E-state index is -0.313. The standard InChI is InChI=1S/C26H22N4O3S/c1-18-28-22(17-34-18)16-33-23-9-4-6-19(14-23)11-12-25(31)29-21-8-5-7-20(15-21)26(32)30-24-10-2-3-13-27-24/h2-15,17H,16H2,1H3,(H,29,31)(H,27,30,32)/b12-11+. The number of carbonyl (C=O) groups is 2. The van der Waals surface area contributed by atoms with Crippen molar-refractivity contribution < 1.29 is 14.3 Å². The summed E-state index contributed by atoms with van der Waals surface area (Å²) in [6.07, 6.45) is 4.73. The lowest BCUT2D eigenvalue weighted by atomic mass is 10.1. The molecule has 0 atom stereocenters. The van der Waals surface area contributed by atoms with Crippen molar-refractivity contribution in [1.29, 1.82) is 0 Å². The number of carbonyl (C=O) groups excluding carboxylic acids is 2. The molecule has 170 valence electrons. The lowest BCUT2D eigenvalue weighted by molar-refractivity contribution is -0.111. The summed E-state index contributed by atoms with van der Waals surface area (Å²) in [6, 6.07) is 19.4. The average molecular weight is 471 g/mol. The fourth-order valence-corrected chi connectivity index (χ4v) is 3.66. The van der Waals surface area contributed by atoms with Crippen LogP contribution < -0.4 is 15.4 Å². The third-order valence-corrected chi connectivity index (χ3v) is 5.46. The molecule has 0 aliphatic heterocycles. The average Bonchev–Trinajstić information content (AvgIpc) is 3.27. The van der Waals surface area contributed by atoms with Crippen LogP contribution in [0.4, 0.5) is 11.5 Å². The number of benzene rings is 2. The molecular weight excluding hydrogens is 448 g/mol. The lowest BCUT2D eigenvalue weighted by Crippen LogP contribution is -2.14. The van der Waals surface area contributed by atoms with E-state index in [9.17, 15) is 9.59 Å². The number of nitrogens with one attached hydrogen (secondary N) is 2. The Morgan fingerprint density at radius 3 is 2.71 bits per heavy atom. The first-order valence-electron chi connectivity index (χ1n) is 10.5. The highest BCUT2D eigenvalue weighted by atomic mass is 32.1. The molecule has 8 heteroatoms. The summed E-state index contributed by atoms with van der Waals surface area (Å²) in [5.74, 6) is 0.527. The highest BCUT2D eigenvalue weighted by molar-refractivity contribution is 7.09. The number of aryl methyl sites for hydroxylation is 1. The van der Waals surface area contributed by atoms with E-state index in [2.05, 4.69) is 20.6 Å². The van der Waals surface area contributed by atoms with E-state index in [0.717, 1.165) is 16.3 Å². The first-order valence-corrected chi connectivity index (χ1v) is 11.4. The van der Waals surface area contributed by atoms with E-state index in [0.29, 0.717) is 29.4 Å². The molecule has 0 radical (unpaired) electrons. The maximum atomic E-state index is 12.4. The van der Waals surface area contributed by atoms with Crippen molar-refractivity contribution in [2.45, 2.75) is 13.5 Å². The number of rotatable bonds is 8. The molecule has 0 unspecified atom stereocenters. The van der Waals surface area contributed by atoms with Crippen molar-refractivity contribution in [2.75, 3.05) is 10.6 Å². The van der Waals surface area contributed by atoms with Crippen LogP contribution in [0.5, 0.6) is 5.75 Å². The van der Waals surface area contributed by atoms with Crippen molar-refractivity contribution in [1.82, 2.24) is 9.97 Å².